The van der Waals surface area contributed by atoms with E-state index >= 15 is 0 Å². The van der Waals surface area contributed by atoms with E-state index in [1.807, 2.05) is 0 Å². The van der Waals surface area contributed by atoms with E-state index in [2.05, 4.69) is 27.1 Å². The lowest BCUT2D eigenvalue weighted by atomic mass is 9.79. The maximum Gasteiger partial charge on any atom is 0.307 e. The van der Waals surface area contributed by atoms with Gasteiger partial charge in [0.05, 0.1) is 12.4 Å². The molecule has 24 heavy (non-hydrogen) atoms. The molecule has 2 atom stereocenters. The standard InChI is InChI=1S/C17H19FN4O2/c1-10-15(11-2-4-22(10)5-3-11)21-16(23)17-20-9-14(24-17)12-6-13(18)8-19-7-12/h6-11,15H,2-5H2,1H3,(H,21,23). The number of nitrogens with one attached hydrogen (secondary N) is 1. The van der Waals surface area contributed by atoms with Crippen molar-refractivity contribution in [3.05, 3.63) is 36.4 Å². The van der Waals surface area contributed by atoms with Crippen molar-refractivity contribution >= 4 is 5.91 Å². The van der Waals surface area contributed by atoms with E-state index in [0.29, 0.717) is 23.3 Å². The Morgan fingerprint density at radius 2 is 2.12 bits per heavy atom. The van der Waals surface area contributed by atoms with Gasteiger partial charge in [-0.05, 0) is 44.8 Å². The maximum absolute atomic E-state index is 13.2. The summed E-state index contributed by atoms with van der Waals surface area (Å²) in [7, 11) is 0. The van der Waals surface area contributed by atoms with Gasteiger partial charge in [0.2, 0.25) is 0 Å². The number of oxazole rings is 1. The zero-order valence-electron chi connectivity index (χ0n) is 13.4. The molecule has 6 nitrogen and oxygen atoms in total. The molecule has 3 aliphatic rings. The van der Waals surface area contributed by atoms with Crippen LogP contribution in [-0.2, 0) is 0 Å². The molecule has 5 heterocycles. The summed E-state index contributed by atoms with van der Waals surface area (Å²) < 4.78 is 18.7. The van der Waals surface area contributed by atoms with Crippen LogP contribution in [-0.4, -0.2) is 45.9 Å². The number of carbonyl (C=O) groups excluding carboxylic acids is 1. The van der Waals surface area contributed by atoms with Crippen molar-refractivity contribution < 1.29 is 13.6 Å². The van der Waals surface area contributed by atoms with Crippen LogP contribution in [0.25, 0.3) is 11.3 Å². The van der Waals surface area contributed by atoms with Crippen LogP contribution < -0.4 is 5.32 Å². The fourth-order valence-electron chi connectivity index (χ4n) is 3.82. The summed E-state index contributed by atoms with van der Waals surface area (Å²) >= 11 is 0. The minimum atomic E-state index is -0.462. The third-order valence-electron chi connectivity index (χ3n) is 5.16. The number of fused-ring (bicyclic) bond motifs is 3. The lowest BCUT2D eigenvalue weighted by Gasteiger charge is -2.49. The van der Waals surface area contributed by atoms with E-state index in [0.717, 1.165) is 32.1 Å². The van der Waals surface area contributed by atoms with Crippen LogP contribution in [0.5, 0.6) is 0 Å². The molecule has 2 aromatic rings. The summed E-state index contributed by atoms with van der Waals surface area (Å²) in [6.07, 6.45) is 6.23. The first-order valence-electron chi connectivity index (χ1n) is 8.23. The van der Waals surface area contributed by atoms with Crippen LogP contribution in [0, 0.1) is 11.7 Å². The molecular weight excluding hydrogens is 311 g/mol. The molecule has 2 unspecified atom stereocenters. The Kier molecular flexibility index (Phi) is 3.80. The summed E-state index contributed by atoms with van der Waals surface area (Å²) in [5.41, 5.74) is 0.456. The summed E-state index contributed by atoms with van der Waals surface area (Å²) in [6, 6.07) is 1.74. The number of carbonyl (C=O) groups is 1. The van der Waals surface area contributed by atoms with E-state index in [1.54, 1.807) is 0 Å². The van der Waals surface area contributed by atoms with Gasteiger partial charge in [-0.3, -0.25) is 14.7 Å². The average molecular weight is 330 g/mol. The molecule has 126 valence electrons. The topological polar surface area (TPSA) is 71.3 Å². The van der Waals surface area contributed by atoms with Crippen molar-refractivity contribution in [3.8, 4) is 11.3 Å². The molecule has 1 N–H and O–H groups in total. The minimum Gasteiger partial charge on any atom is -0.432 e. The number of rotatable bonds is 3. The predicted molar refractivity (Wildman–Crippen MR) is 84.7 cm³/mol. The van der Waals surface area contributed by atoms with Crippen molar-refractivity contribution in [2.45, 2.75) is 31.8 Å². The van der Waals surface area contributed by atoms with Gasteiger partial charge in [-0.25, -0.2) is 9.37 Å². The van der Waals surface area contributed by atoms with Crippen molar-refractivity contribution in [1.29, 1.82) is 0 Å². The molecule has 0 spiro atoms. The zero-order valence-corrected chi connectivity index (χ0v) is 13.4. The van der Waals surface area contributed by atoms with Gasteiger partial charge in [-0.15, -0.1) is 0 Å². The van der Waals surface area contributed by atoms with E-state index in [9.17, 15) is 9.18 Å². The molecule has 3 fully saturated rings. The first kappa shape index (κ1) is 15.3. The highest BCUT2D eigenvalue weighted by atomic mass is 19.1. The van der Waals surface area contributed by atoms with Crippen LogP contribution in [0.3, 0.4) is 0 Å². The van der Waals surface area contributed by atoms with E-state index in [1.165, 1.54) is 18.5 Å². The first-order valence-corrected chi connectivity index (χ1v) is 8.23. The fourth-order valence-corrected chi connectivity index (χ4v) is 3.82. The minimum absolute atomic E-state index is 0.00194. The summed E-state index contributed by atoms with van der Waals surface area (Å²) in [6.45, 7) is 4.36. The third kappa shape index (κ3) is 2.69. The summed E-state index contributed by atoms with van der Waals surface area (Å²) in [4.78, 5) is 22.7. The Labute approximate surface area is 139 Å². The van der Waals surface area contributed by atoms with E-state index < -0.39 is 5.82 Å². The van der Waals surface area contributed by atoms with Crippen LogP contribution in [0.4, 0.5) is 4.39 Å². The molecule has 1 amide bonds. The lowest BCUT2D eigenvalue weighted by molar-refractivity contribution is 0.0210. The molecule has 0 radical (unpaired) electrons. The number of pyridine rings is 1. The second-order valence-electron chi connectivity index (χ2n) is 6.53. The van der Waals surface area contributed by atoms with E-state index in [-0.39, 0.29) is 17.8 Å². The molecule has 0 aliphatic carbocycles. The molecule has 3 saturated heterocycles. The maximum atomic E-state index is 13.2. The molecule has 0 aromatic carbocycles. The van der Waals surface area contributed by atoms with Gasteiger partial charge in [0.25, 0.3) is 5.89 Å². The average Bonchev–Trinajstić information content (AvgIpc) is 3.09. The van der Waals surface area contributed by atoms with Crippen LogP contribution in [0.1, 0.15) is 30.5 Å². The van der Waals surface area contributed by atoms with Crippen molar-refractivity contribution in [2.24, 2.45) is 5.92 Å². The smallest absolute Gasteiger partial charge is 0.307 e. The van der Waals surface area contributed by atoms with Gasteiger partial charge >= 0.3 is 5.91 Å². The quantitative estimate of drug-likeness (QED) is 0.933. The van der Waals surface area contributed by atoms with Crippen LogP contribution in [0.15, 0.2) is 29.1 Å². The normalized spacial score (nSPS) is 28.8. The number of hydrogen-bond donors (Lipinski definition) is 1. The number of hydrogen-bond acceptors (Lipinski definition) is 5. The Bertz CT molecular complexity index is 753. The van der Waals surface area contributed by atoms with Crippen LogP contribution in [0.2, 0.25) is 0 Å². The monoisotopic (exact) mass is 330 g/mol. The van der Waals surface area contributed by atoms with Gasteiger partial charge in [-0.2, -0.15) is 0 Å². The molecule has 5 rings (SSSR count). The lowest BCUT2D eigenvalue weighted by Crippen LogP contribution is -2.62. The zero-order chi connectivity index (χ0) is 16.7. The predicted octanol–water partition coefficient (Wildman–Crippen LogP) is 2.09. The number of aromatic nitrogens is 2. The number of piperidine rings is 3. The fraction of sp³-hybridized carbons (Fsp3) is 0.471. The number of amides is 1. The third-order valence-corrected chi connectivity index (χ3v) is 5.16. The van der Waals surface area contributed by atoms with Gasteiger partial charge in [0.1, 0.15) is 5.82 Å². The van der Waals surface area contributed by atoms with Crippen molar-refractivity contribution in [1.82, 2.24) is 20.2 Å². The summed E-state index contributed by atoms with van der Waals surface area (Å²) in [5, 5.41) is 3.07. The van der Waals surface area contributed by atoms with Gasteiger partial charge in [-0.1, -0.05) is 0 Å². The number of nitrogens with zero attached hydrogens (tertiary/aromatic N) is 3. The highest BCUT2D eigenvalue weighted by Crippen LogP contribution is 2.32. The molecule has 7 heteroatoms. The number of halogens is 1. The van der Waals surface area contributed by atoms with E-state index in [4.69, 9.17) is 4.42 Å². The first-order chi connectivity index (χ1) is 11.6. The second-order valence-corrected chi connectivity index (χ2v) is 6.53. The molecular formula is C17H19FN4O2. The molecule has 2 bridgehead atoms. The highest BCUT2D eigenvalue weighted by Gasteiger charge is 2.40. The van der Waals surface area contributed by atoms with Gasteiger partial charge < -0.3 is 9.73 Å². The molecule has 0 saturated carbocycles. The largest absolute Gasteiger partial charge is 0.432 e. The Balaban J connectivity index is 1.49. The Hall–Kier alpha value is -2.28. The second kappa shape index (κ2) is 5.98. The Morgan fingerprint density at radius 1 is 1.33 bits per heavy atom. The molecule has 3 aliphatic heterocycles. The Morgan fingerprint density at radius 3 is 2.83 bits per heavy atom. The van der Waals surface area contributed by atoms with Crippen molar-refractivity contribution in [2.75, 3.05) is 13.1 Å². The summed E-state index contributed by atoms with van der Waals surface area (Å²) in [5.74, 6) is 0.0510. The SMILES string of the molecule is CC1C(NC(=O)c2ncc(-c3cncc(F)c3)o2)C2CCN1CC2. The molecule has 2 aromatic heterocycles. The van der Waals surface area contributed by atoms with Gasteiger partial charge in [0.15, 0.2) is 5.76 Å². The highest BCUT2D eigenvalue weighted by molar-refractivity contribution is 5.90. The van der Waals surface area contributed by atoms with Crippen molar-refractivity contribution in [3.63, 3.8) is 0 Å². The van der Waals surface area contributed by atoms with Crippen LogP contribution >= 0.6 is 0 Å². The van der Waals surface area contributed by atoms with Gasteiger partial charge in [0, 0.05) is 23.8 Å².